The SMILES string of the molecule is CC(C)S(=O)(=O)[C@H](C)C(=O)N1CCN([C@@H]2CCC[C@@H]2O)CC1. The van der Waals surface area contributed by atoms with Crippen molar-refractivity contribution < 1.29 is 18.3 Å². The van der Waals surface area contributed by atoms with E-state index in [-0.39, 0.29) is 18.1 Å². The molecule has 1 N–H and O–H groups in total. The highest BCUT2D eigenvalue weighted by molar-refractivity contribution is 7.93. The van der Waals surface area contributed by atoms with Gasteiger partial charge < -0.3 is 10.0 Å². The van der Waals surface area contributed by atoms with Crippen LogP contribution in [0.25, 0.3) is 0 Å². The van der Waals surface area contributed by atoms with Crippen molar-refractivity contribution in [1.82, 2.24) is 9.80 Å². The molecule has 0 unspecified atom stereocenters. The van der Waals surface area contributed by atoms with Gasteiger partial charge in [-0.3, -0.25) is 9.69 Å². The number of sulfone groups is 1. The van der Waals surface area contributed by atoms with Crippen LogP contribution in [0.3, 0.4) is 0 Å². The van der Waals surface area contributed by atoms with Gasteiger partial charge in [-0.05, 0) is 40.0 Å². The quantitative estimate of drug-likeness (QED) is 0.799. The summed E-state index contributed by atoms with van der Waals surface area (Å²) in [6.07, 6.45) is 2.65. The van der Waals surface area contributed by atoms with Crippen molar-refractivity contribution in [2.75, 3.05) is 26.2 Å². The van der Waals surface area contributed by atoms with Gasteiger partial charge >= 0.3 is 0 Å². The molecule has 3 atom stereocenters. The minimum absolute atomic E-state index is 0.203. The van der Waals surface area contributed by atoms with Gasteiger partial charge in [-0.25, -0.2) is 8.42 Å². The Morgan fingerprint density at radius 1 is 1.09 bits per heavy atom. The summed E-state index contributed by atoms with van der Waals surface area (Å²) >= 11 is 0. The first-order valence-corrected chi connectivity index (χ1v) is 9.79. The van der Waals surface area contributed by atoms with Crippen LogP contribution in [0.4, 0.5) is 0 Å². The van der Waals surface area contributed by atoms with E-state index in [1.165, 1.54) is 6.92 Å². The second-order valence-electron chi connectivity index (χ2n) is 6.71. The number of carbonyl (C=O) groups excluding carboxylic acids is 1. The average molecular weight is 332 g/mol. The predicted molar refractivity (Wildman–Crippen MR) is 85.3 cm³/mol. The molecule has 6 nitrogen and oxygen atoms in total. The number of nitrogens with zero attached hydrogens (tertiary/aromatic N) is 2. The Labute approximate surface area is 133 Å². The summed E-state index contributed by atoms with van der Waals surface area (Å²) in [5, 5.41) is 8.45. The molecule has 1 heterocycles. The summed E-state index contributed by atoms with van der Waals surface area (Å²) in [4.78, 5) is 16.3. The van der Waals surface area contributed by atoms with Crippen molar-refractivity contribution in [3.8, 4) is 0 Å². The molecule has 1 aliphatic heterocycles. The number of amides is 1. The first-order chi connectivity index (χ1) is 10.2. The molecule has 2 aliphatic rings. The summed E-state index contributed by atoms with van der Waals surface area (Å²) in [5.41, 5.74) is 0. The van der Waals surface area contributed by atoms with Gasteiger partial charge in [0, 0.05) is 32.2 Å². The lowest BCUT2D eigenvalue weighted by Gasteiger charge is -2.39. The van der Waals surface area contributed by atoms with Gasteiger partial charge in [-0.15, -0.1) is 0 Å². The zero-order chi connectivity index (χ0) is 16.5. The molecule has 1 saturated heterocycles. The topological polar surface area (TPSA) is 77.9 Å². The third-order valence-electron chi connectivity index (χ3n) is 5.04. The Bertz CT molecular complexity index is 498. The molecule has 0 spiro atoms. The predicted octanol–water partition coefficient (Wildman–Crippen LogP) is 0.256. The Kier molecular flexibility index (Phi) is 5.50. The molecule has 0 radical (unpaired) electrons. The molecule has 2 fully saturated rings. The average Bonchev–Trinajstić information content (AvgIpc) is 2.91. The van der Waals surface area contributed by atoms with E-state index in [9.17, 15) is 18.3 Å². The molecule has 0 aromatic heterocycles. The largest absolute Gasteiger partial charge is 0.391 e. The van der Waals surface area contributed by atoms with Crippen LogP contribution in [-0.2, 0) is 14.6 Å². The molecular formula is C15H28N2O4S. The summed E-state index contributed by atoms with van der Waals surface area (Å²) in [7, 11) is -3.41. The van der Waals surface area contributed by atoms with Crippen LogP contribution < -0.4 is 0 Å². The van der Waals surface area contributed by atoms with Gasteiger partial charge in [0.15, 0.2) is 9.84 Å². The maximum absolute atomic E-state index is 12.4. The summed E-state index contributed by atoms with van der Waals surface area (Å²) in [5.74, 6) is -0.291. The van der Waals surface area contributed by atoms with Crippen molar-refractivity contribution >= 4 is 15.7 Å². The molecule has 1 amide bonds. The minimum Gasteiger partial charge on any atom is -0.391 e. The van der Waals surface area contributed by atoms with Gasteiger partial charge in [-0.1, -0.05) is 0 Å². The van der Waals surface area contributed by atoms with Crippen molar-refractivity contribution in [2.24, 2.45) is 0 Å². The zero-order valence-corrected chi connectivity index (χ0v) is 14.6. The smallest absolute Gasteiger partial charge is 0.240 e. The van der Waals surface area contributed by atoms with Gasteiger partial charge in [-0.2, -0.15) is 0 Å². The van der Waals surface area contributed by atoms with E-state index >= 15 is 0 Å². The molecule has 128 valence electrons. The normalized spacial score (nSPS) is 29.0. The van der Waals surface area contributed by atoms with Crippen LogP contribution in [0.2, 0.25) is 0 Å². The third kappa shape index (κ3) is 3.46. The molecule has 0 aromatic carbocycles. The van der Waals surface area contributed by atoms with Gasteiger partial charge in [0.25, 0.3) is 0 Å². The highest BCUT2D eigenvalue weighted by Gasteiger charge is 2.37. The van der Waals surface area contributed by atoms with Crippen molar-refractivity contribution in [1.29, 1.82) is 0 Å². The number of carbonyl (C=O) groups is 1. The van der Waals surface area contributed by atoms with Crippen molar-refractivity contribution in [2.45, 2.75) is 62.7 Å². The van der Waals surface area contributed by atoms with Gasteiger partial charge in [0.05, 0.1) is 11.4 Å². The number of hydrogen-bond acceptors (Lipinski definition) is 5. The maximum Gasteiger partial charge on any atom is 0.240 e. The second kappa shape index (κ2) is 6.84. The van der Waals surface area contributed by atoms with Crippen molar-refractivity contribution in [3.05, 3.63) is 0 Å². The fourth-order valence-corrected chi connectivity index (χ4v) is 4.67. The second-order valence-corrected chi connectivity index (χ2v) is 9.53. The number of aliphatic hydroxyl groups is 1. The maximum atomic E-state index is 12.4. The lowest BCUT2D eigenvalue weighted by atomic mass is 10.1. The van der Waals surface area contributed by atoms with E-state index in [2.05, 4.69) is 4.90 Å². The molecule has 2 rings (SSSR count). The van der Waals surface area contributed by atoms with E-state index in [0.29, 0.717) is 26.2 Å². The fraction of sp³-hybridized carbons (Fsp3) is 0.933. The van der Waals surface area contributed by atoms with Crippen LogP contribution in [0.5, 0.6) is 0 Å². The highest BCUT2D eigenvalue weighted by atomic mass is 32.2. The van der Waals surface area contributed by atoms with E-state index in [1.54, 1.807) is 18.7 Å². The van der Waals surface area contributed by atoms with Crippen LogP contribution in [0.1, 0.15) is 40.0 Å². The Hall–Kier alpha value is -0.660. The van der Waals surface area contributed by atoms with E-state index in [4.69, 9.17) is 0 Å². The van der Waals surface area contributed by atoms with E-state index in [1.807, 2.05) is 0 Å². The fourth-order valence-electron chi connectivity index (χ4n) is 3.43. The standard InChI is InChI=1S/C15H28N2O4S/c1-11(2)22(20,21)12(3)15(19)17-9-7-16(8-10-17)13-5-4-6-14(13)18/h11-14,18H,4-10H2,1-3H3/t12-,13-,14+/m1/s1. The minimum atomic E-state index is -3.41. The molecular weight excluding hydrogens is 304 g/mol. The lowest BCUT2D eigenvalue weighted by molar-refractivity contribution is -0.132. The third-order valence-corrected chi connectivity index (χ3v) is 7.54. The van der Waals surface area contributed by atoms with Crippen LogP contribution in [0.15, 0.2) is 0 Å². The van der Waals surface area contributed by atoms with Gasteiger partial charge in [0.1, 0.15) is 5.25 Å². The summed E-state index contributed by atoms with van der Waals surface area (Å²) in [6, 6.07) is 0.203. The number of rotatable bonds is 4. The Balaban J connectivity index is 1.92. The molecule has 0 aromatic rings. The highest BCUT2D eigenvalue weighted by Crippen LogP contribution is 2.25. The van der Waals surface area contributed by atoms with E-state index < -0.39 is 20.3 Å². The molecule has 1 saturated carbocycles. The number of hydrogen-bond donors (Lipinski definition) is 1. The Morgan fingerprint density at radius 3 is 2.14 bits per heavy atom. The van der Waals surface area contributed by atoms with Crippen LogP contribution in [0, 0.1) is 0 Å². The first-order valence-electron chi connectivity index (χ1n) is 8.18. The zero-order valence-electron chi connectivity index (χ0n) is 13.7. The molecule has 1 aliphatic carbocycles. The Morgan fingerprint density at radius 2 is 1.68 bits per heavy atom. The van der Waals surface area contributed by atoms with Crippen molar-refractivity contribution in [3.63, 3.8) is 0 Å². The van der Waals surface area contributed by atoms with Gasteiger partial charge in [0.2, 0.25) is 5.91 Å². The molecule has 22 heavy (non-hydrogen) atoms. The number of aliphatic hydroxyl groups excluding tert-OH is 1. The number of piperazine rings is 1. The molecule has 7 heteroatoms. The van der Waals surface area contributed by atoms with Crippen LogP contribution >= 0.6 is 0 Å². The monoisotopic (exact) mass is 332 g/mol. The first kappa shape index (κ1) is 17.7. The molecule has 0 bridgehead atoms. The lowest BCUT2D eigenvalue weighted by Crippen LogP contribution is -2.56. The summed E-state index contributed by atoms with van der Waals surface area (Å²) in [6.45, 7) is 7.21. The van der Waals surface area contributed by atoms with E-state index in [0.717, 1.165) is 19.3 Å². The summed E-state index contributed by atoms with van der Waals surface area (Å²) < 4.78 is 24.3. The van der Waals surface area contributed by atoms with Crippen LogP contribution in [-0.4, -0.2) is 78.1 Å².